The Balaban J connectivity index is 0. The summed E-state index contributed by atoms with van der Waals surface area (Å²) in [6.07, 6.45) is 4.50. The maximum atomic E-state index is 1.50. The quantitative estimate of drug-likeness (QED) is 0.533. The van der Waals surface area contributed by atoms with Crippen LogP contribution in [0.2, 0.25) is 0 Å². The number of rotatable bonds is 0. The minimum absolute atomic E-state index is 0. The van der Waals surface area contributed by atoms with Gasteiger partial charge in [0.1, 0.15) is 0 Å². The highest BCUT2D eigenvalue weighted by Crippen LogP contribution is 2.14. The van der Waals surface area contributed by atoms with Gasteiger partial charge >= 0.3 is 0 Å². The molecule has 1 saturated carbocycles. The summed E-state index contributed by atoms with van der Waals surface area (Å²) in [5, 5.41) is 0. The minimum atomic E-state index is 0. The third-order valence-corrected chi connectivity index (χ3v) is 0.354. The molecule has 0 saturated heterocycles. The summed E-state index contributed by atoms with van der Waals surface area (Å²) in [5.41, 5.74) is 0. The van der Waals surface area contributed by atoms with Crippen LogP contribution in [-0.2, 0) is 0 Å². The first-order valence-corrected chi connectivity index (χ1v) is 1.50. The second-order valence-electron chi connectivity index (χ2n) is 1.06. The molecule has 0 spiro atoms. The van der Waals surface area contributed by atoms with Gasteiger partial charge in [-0.1, -0.05) is 19.3 Å². The topological polar surface area (TPSA) is 0 Å². The van der Waals surface area contributed by atoms with Gasteiger partial charge in [-0.2, -0.15) is 0 Å². The SMILES string of the molecule is C1CC1.Cl.I. The van der Waals surface area contributed by atoms with Gasteiger partial charge in [-0.05, 0) is 0 Å². The summed E-state index contributed by atoms with van der Waals surface area (Å²) in [6.45, 7) is 0. The van der Waals surface area contributed by atoms with Crippen LogP contribution in [0.15, 0.2) is 0 Å². The van der Waals surface area contributed by atoms with Gasteiger partial charge in [0.25, 0.3) is 0 Å². The molecule has 0 N–H and O–H groups in total. The second-order valence-corrected chi connectivity index (χ2v) is 1.06. The van der Waals surface area contributed by atoms with Crippen molar-refractivity contribution in [2.45, 2.75) is 19.3 Å². The molecule has 2 heteroatoms. The van der Waals surface area contributed by atoms with Crippen LogP contribution in [0, 0.1) is 0 Å². The largest absolute Gasteiger partial charge is 0.147 e. The lowest BCUT2D eigenvalue weighted by atomic mass is 11.0. The van der Waals surface area contributed by atoms with Crippen LogP contribution in [0.5, 0.6) is 0 Å². The fourth-order valence-electron chi connectivity index (χ4n) is 0. The van der Waals surface area contributed by atoms with Crippen LogP contribution < -0.4 is 0 Å². The Bertz CT molecular complexity index is 11.6. The van der Waals surface area contributed by atoms with E-state index in [1.54, 1.807) is 0 Å². The van der Waals surface area contributed by atoms with Crippen LogP contribution in [0.4, 0.5) is 0 Å². The molecule has 0 heterocycles. The molecule has 1 fully saturated rings. The zero-order chi connectivity index (χ0) is 2.12. The summed E-state index contributed by atoms with van der Waals surface area (Å²) in [7, 11) is 0. The van der Waals surface area contributed by atoms with E-state index in [2.05, 4.69) is 0 Å². The molecule has 0 aromatic heterocycles. The van der Waals surface area contributed by atoms with Crippen molar-refractivity contribution in [1.82, 2.24) is 0 Å². The first kappa shape index (κ1) is 9.39. The molecule has 0 amide bonds. The monoisotopic (exact) mass is 206 g/mol. The molecule has 0 bridgehead atoms. The minimum Gasteiger partial charge on any atom is -0.147 e. The predicted molar refractivity (Wildman–Crippen MR) is 36.5 cm³/mol. The van der Waals surface area contributed by atoms with Gasteiger partial charge in [-0.25, -0.2) is 0 Å². The Morgan fingerprint density at radius 3 is 1.00 bits per heavy atom. The third-order valence-electron chi connectivity index (χ3n) is 0.354. The van der Waals surface area contributed by atoms with Crippen molar-refractivity contribution >= 4 is 36.4 Å². The number of hydrogen-bond acceptors (Lipinski definition) is 0. The first-order valence-electron chi connectivity index (χ1n) is 1.50. The van der Waals surface area contributed by atoms with Crippen molar-refractivity contribution < 1.29 is 0 Å². The van der Waals surface area contributed by atoms with Crippen molar-refractivity contribution in [2.24, 2.45) is 0 Å². The highest BCUT2D eigenvalue weighted by Gasteiger charge is 1.95. The average Bonchev–Trinajstić information content (AvgIpc) is 1.46. The van der Waals surface area contributed by atoms with Gasteiger partial charge in [-0.15, -0.1) is 36.4 Å². The summed E-state index contributed by atoms with van der Waals surface area (Å²) in [5.74, 6) is 0. The van der Waals surface area contributed by atoms with Crippen LogP contribution >= 0.6 is 36.4 Å². The van der Waals surface area contributed by atoms with E-state index in [0.29, 0.717) is 0 Å². The fraction of sp³-hybridized carbons (Fsp3) is 1.00. The molecule has 0 radical (unpaired) electrons. The maximum Gasteiger partial charge on any atom is -0.0533 e. The lowest BCUT2D eigenvalue weighted by Crippen LogP contribution is -0.856. The normalized spacial score (nSPS) is 14.4. The molecule has 5 heavy (non-hydrogen) atoms. The summed E-state index contributed by atoms with van der Waals surface area (Å²) < 4.78 is 0. The molecule has 1 rings (SSSR count). The summed E-state index contributed by atoms with van der Waals surface area (Å²) in [6, 6.07) is 0. The third kappa shape index (κ3) is 11.2. The lowest BCUT2D eigenvalue weighted by molar-refractivity contribution is 1.50. The highest BCUT2D eigenvalue weighted by molar-refractivity contribution is 14.0. The Labute approximate surface area is 55.8 Å². The van der Waals surface area contributed by atoms with Gasteiger partial charge in [0, 0.05) is 0 Å². The van der Waals surface area contributed by atoms with Crippen LogP contribution in [0.3, 0.4) is 0 Å². The lowest BCUT2D eigenvalue weighted by Gasteiger charge is -1.05. The molecule has 0 aliphatic heterocycles. The Kier molecular flexibility index (Phi) is 9.43. The average molecular weight is 206 g/mol. The molecule has 0 aromatic rings. The Morgan fingerprint density at radius 1 is 0.800 bits per heavy atom. The van der Waals surface area contributed by atoms with Crippen molar-refractivity contribution in [3.05, 3.63) is 0 Å². The Hall–Kier alpha value is 1.02. The van der Waals surface area contributed by atoms with Crippen molar-refractivity contribution in [1.29, 1.82) is 0 Å². The molecule has 0 aromatic carbocycles. The smallest absolute Gasteiger partial charge is 0.0533 e. The van der Waals surface area contributed by atoms with Crippen molar-refractivity contribution in [3.63, 3.8) is 0 Å². The molecular weight excluding hydrogens is 198 g/mol. The maximum absolute atomic E-state index is 1.50. The van der Waals surface area contributed by atoms with E-state index >= 15 is 0 Å². The molecule has 0 unspecified atom stereocenters. The Morgan fingerprint density at radius 2 is 1.00 bits per heavy atom. The molecule has 1 aliphatic rings. The van der Waals surface area contributed by atoms with E-state index in [4.69, 9.17) is 0 Å². The molecule has 0 nitrogen and oxygen atoms in total. The summed E-state index contributed by atoms with van der Waals surface area (Å²) >= 11 is 0. The highest BCUT2D eigenvalue weighted by atomic mass is 127. The van der Waals surface area contributed by atoms with Gasteiger partial charge in [0.05, 0.1) is 0 Å². The molecule has 34 valence electrons. The van der Waals surface area contributed by atoms with Gasteiger partial charge in [-0.3, -0.25) is 0 Å². The van der Waals surface area contributed by atoms with E-state index in [-0.39, 0.29) is 36.4 Å². The van der Waals surface area contributed by atoms with Crippen LogP contribution in [0.25, 0.3) is 0 Å². The molecule has 1 aliphatic carbocycles. The number of halogens is 2. The van der Waals surface area contributed by atoms with E-state index in [1.165, 1.54) is 19.3 Å². The van der Waals surface area contributed by atoms with Crippen molar-refractivity contribution in [2.75, 3.05) is 0 Å². The summed E-state index contributed by atoms with van der Waals surface area (Å²) in [4.78, 5) is 0. The second kappa shape index (κ2) is 5.02. The zero-order valence-corrected chi connectivity index (χ0v) is 6.08. The van der Waals surface area contributed by atoms with Crippen molar-refractivity contribution in [3.8, 4) is 0 Å². The predicted octanol–water partition coefficient (Wildman–Crippen LogP) is 2.21. The van der Waals surface area contributed by atoms with E-state index < -0.39 is 0 Å². The van der Waals surface area contributed by atoms with E-state index in [0.717, 1.165) is 0 Å². The zero-order valence-electron chi connectivity index (χ0n) is 2.94. The molecular formula is C3H8ClI. The van der Waals surface area contributed by atoms with Crippen LogP contribution in [0.1, 0.15) is 19.3 Å². The first-order chi connectivity index (χ1) is 1.50. The number of hydrogen-bond donors (Lipinski definition) is 0. The van der Waals surface area contributed by atoms with Gasteiger partial charge in [0.2, 0.25) is 0 Å². The van der Waals surface area contributed by atoms with Crippen LogP contribution in [-0.4, -0.2) is 0 Å². The van der Waals surface area contributed by atoms with E-state index in [1.807, 2.05) is 0 Å². The van der Waals surface area contributed by atoms with Gasteiger partial charge in [0.15, 0.2) is 0 Å². The standard InChI is InChI=1S/C3H6.ClH.HI/c1-2-3-1;;/h1-3H2;2*1H. The fourth-order valence-corrected chi connectivity index (χ4v) is 0. The van der Waals surface area contributed by atoms with E-state index in [9.17, 15) is 0 Å². The van der Waals surface area contributed by atoms with Gasteiger partial charge < -0.3 is 0 Å². The molecule has 0 atom stereocenters.